The summed E-state index contributed by atoms with van der Waals surface area (Å²) in [7, 11) is -3.61. The minimum Gasteiger partial charge on any atom is -0.352 e. The van der Waals surface area contributed by atoms with Gasteiger partial charge in [-0.05, 0) is 75.9 Å². The smallest absolute Gasteiger partial charge is 0.251 e. The molecule has 0 aliphatic carbocycles. The molecule has 1 aliphatic rings. The number of nitrogens with one attached hydrogen (secondary N) is 2. The van der Waals surface area contributed by atoms with E-state index in [2.05, 4.69) is 39.2 Å². The molecule has 0 saturated carbocycles. The highest BCUT2D eigenvalue weighted by Crippen LogP contribution is 2.19. The first-order chi connectivity index (χ1) is 14.6. The molecule has 3 rings (SSSR count). The maximum Gasteiger partial charge on any atom is 0.251 e. The van der Waals surface area contributed by atoms with Crippen molar-refractivity contribution in [3.05, 3.63) is 65.7 Å². The molecule has 1 amide bonds. The second-order valence-corrected chi connectivity index (χ2v) is 11.0. The van der Waals surface area contributed by atoms with Gasteiger partial charge in [-0.25, -0.2) is 13.1 Å². The molecule has 0 aromatic heterocycles. The minimum atomic E-state index is -3.61. The van der Waals surface area contributed by atoms with Gasteiger partial charge in [0.05, 0.1) is 4.90 Å². The number of nitrogens with zero attached hydrogens (tertiary/aromatic N) is 1. The summed E-state index contributed by atoms with van der Waals surface area (Å²) in [5.74, 6) is 0.241. The largest absolute Gasteiger partial charge is 0.352 e. The zero-order valence-electron chi connectivity index (χ0n) is 18.6. The fourth-order valence-electron chi connectivity index (χ4n) is 3.89. The molecule has 31 heavy (non-hydrogen) atoms. The van der Waals surface area contributed by atoms with Crippen molar-refractivity contribution < 1.29 is 13.2 Å². The van der Waals surface area contributed by atoms with Gasteiger partial charge in [0.2, 0.25) is 10.0 Å². The molecule has 1 atom stereocenters. The van der Waals surface area contributed by atoms with Gasteiger partial charge < -0.3 is 5.32 Å². The third kappa shape index (κ3) is 7.16. The van der Waals surface area contributed by atoms with Gasteiger partial charge >= 0.3 is 0 Å². The van der Waals surface area contributed by atoms with E-state index in [4.69, 9.17) is 0 Å². The van der Waals surface area contributed by atoms with Gasteiger partial charge in [0, 0.05) is 30.7 Å². The normalized spacial score (nSPS) is 18.0. The summed E-state index contributed by atoms with van der Waals surface area (Å²) in [4.78, 5) is 15.2. The molecule has 0 spiro atoms. The van der Waals surface area contributed by atoms with Gasteiger partial charge in [-0.2, -0.15) is 0 Å². The van der Waals surface area contributed by atoms with Crippen LogP contribution in [0.4, 0.5) is 0 Å². The zero-order chi connectivity index (χ0) is 22.5. The van der Waals surface area contributed by atoms with Crippen LogP contribution >= 0.6 is 0 Å². The Morgan fingerprint density at radius 2 is 1.74 bits per heavy atom. The van der Waals surface area contributed by atoms with Crippen molar-refractivity contribution in [1.29, 1.82) is 0 Å². The van der Waals surface area contributed by atoms with Gasteiger partial charge in [-0.3, -0.25) is 9.69 Å². The van der Waals surface area contributed by atoms with Gasteiger partial charge in [0.1, 0.15) is 0 Å². The SMILES string of the molecule is CC(C)(C)NS(=O)(=O)c1ccc(C(=O)NCC2CCCN(Cc3ccccc3)C2)cc1. The zero-order valence-corrected chi connectivity index (χ0v) is 19.4. The van der Waals surface area contributed by atoms with E-state index in [9.17, 15) is 13.2 Å². The third-order valence-corrected chi connectivity index (χ3v) is 7.04. The molecule has 1 heterocycles. The molecule has 1 saturated heterocycles. The fourth-order valence-corrected chi connectivity index (χ4v) is 5.31. The van der Waals surface area contributed by atoms with Crippen molar-refractivity contribution in [1.82, 2.24) is 14.9 Å². The van der Waals surface area contributed by atoms with Crippen molar-refractivity contribution in [3.8, 4) is 0 Å². The summed E-state index contributed by atoms with van der Waals surface area (Å²) in [5, 5.41) is 3.02. The number of benzene rings is 2. The van der Waals surface area contributed by atoms with Crippen molar-refractivity contribution in [2.45, 2.75) is 50.6 Å². The molecule has 168 valence electrons. The van der Waals surface area contributed by atoms with Crippen LogP contribution in [0.15, 0.2) is 59.5 Å². The highest BCUT2D eigenvalue weighted by atomic mass is 32.2. The molecule has 1 unspecified atom stereocenters. The monoisotopic (exact) mass is 443 g/mol. The van der Waals surface area contributed by atoms with Crippen LogP contribution in [-0.2, 0) is 16.6 Å². The lowest BCUT2D eigenvalue weighted by molar-refractivity contribution is 0.0930. The molecule has 2 N–H and O–H groups in total. The number of piperidine rings is 1. The standard InChI is InChI=1S/C24H33N3O3S/c1-24(2,3)26-31(29,30)22-13-11-21(12-14-22)23(28)25-16-20-10-7-15-27(18-20)17-19-8-5-4-6-9-19/h4-6,8-9,11-14,20,26H,7,10,15-18H2,1-3H3,(H,25,28). The van der Waals surface area contributed by atoms with E-state index in [0.29, 0.717) is 18.0 Å². The lowest BCUT2D eigenvalue weighted by Gasteiger charge is -2.32. The summed E-state index contributed by atoms with van der Waals surface area (Å²) in [6.45, 7) is 8.97. The van der Waals surface area contributed by atoms with Crippen LogP contribution in [0.1, 0.15) is 49.5 Å². The first-order valence-electron chi connectivity index (χ1n) is 10.8. The van der Waals surface area contributed by atoms with E-state index in [1.807, 2.05) is 6.07 Å². The lowest BCUT2D eigenvalue weighted by atomic mass is 9.97. The van der Waals surface area contributed by atoms with Crippen LogP contribution in [0, 0.1) is 5.92 Å². The van der Waals surface area contributed by atoms with Gasteiger partial charge in [0.25, 0.3) is 5.91 Å². The molecule has 1 fully saturated rings. The molecule has 1 aliphatic heterocycles. The molecule has 2 aromatic carbocycles. The number of rotatable bonds is 7. The highest BCUT2D eigenvalue weighted by molar-refractivity contribution is 7.89. The van der Waals surface area contributed by atoms with Crippen LogP contribution in [0.25, 0.3) is 0 Å². The molecule has 7 heteroatoms. The summed E-state index contributed by atoms with van der Waals surface area (Å²) >= 11 is 0. The number of amides is 1. The first-order valence-corrected chi connectivity index (χ1v) is 12.3. The number of sulfonamides is 1. The predicted octanol–water partition coefficient (Wildman–Crippen LogP) is 3.41. The summed E-state index contributed by atoms with van der Waals surface area (Å²) in [6, 6.07) is 16.5. The Morgan fingerprint density at radius 3 is 2.39 bits per heavy atom. The molecule has 0 bridgehead atoms. The number of carbonyl (C=O) groups is 1. The topological polar surface area (TPSA) is 78.5 Å². The van der Waals surface area contributed by atoms with Gasteiger partial charge in [-0.15, -0.1) is 0 Å². The minimum absolute atomic E-state index is 0.155. The Morgan fingerprint density at radius 1 is 1.06 bits per heavy atom. The van der Waals surface area contributed by atoms with E-state index in [0.717, 1.165) is 32.5 Å². The maximum atomic E-state index is 12.6. The Kier molecular flexibility index (Phi) is 7.51. The molecule has 0 radical (unpaired) electrons. The number of hydrogen-bond donors (Lipinski definition) is 2. The number of carbonyl (C=O) groups excluding carboxylic acids is 1. The average molecular weight is 444 g/mol. The summed E-state index contributed by atoms with van der Waals surface area (Å²) < 4.78 is 27.4. The van der Waals surface area contributed by atoms with Crippen molar-refractivity contribution >= 4 is 15.9 Å². The van der Waals surface area contributed by atoms with Gasteiger partial charge in [-0.1, -0.05) is 30.3 Å². The van der Waals surface area contributed by atoms with E-state index < -0.39 is 15.6 Å². The number of hydrogen-bond acceptors (Lipinski definition) is 4. The molecular formula is C24H33N3O3S. The van der Waals surface area contributed by atoms with Crippen LogP contribution in [-0.4, -0.2) is 44.4 Å². The first kappa shape index (κ1) is 23.4. The Labute approximate surface area is 186 Å². The third-order valence-electron chi connectivity index (χ3n) is 5.27. The summed E-state index contributed by atoms with van der Waals surface area (Å²) in [5.41, 5.74) is 1.21. The highest BCUT2D eigenvalue weighted by Gasteiger charge is 2.23. The average Bonchev–Trinajstić information content (AvgIpc) is 2.71. The van der Waals surface area contributed by atoms with Crippen LogP contribution in [0.5, 0.6) is 0 Å². The van der Waals surface area contributed by atoms with Crippen LogP contribution in [0.2, 0.25) is 0 Å². The van der Waals surface area contributed by atoms with Crippen molar-refractivity contribution in [2.24, 2.45) is 5.92 Å². The summed E-state index contributed by atoms with van der Waals surface area (Å²) in [6.07, 6.45) is 2.22. The lowest BCUT2D eigenvalue weighted by Crippen LogP contribution is -2.40. The van der Waals surface area contributed by atoms with E-state index in [1.165, 1.54) is 17.7 Å². The van der Waals surface area contributed by atoms with Gasteiger partial charge in [0.15, 0.2) is 0 Å². The Balaban J connectivity index is 1.52. The number of likely N-dealkylation sites (tertiary alicyclic amines) is 1. The molecular weight excluding hydrogens is 410 g/mol. The van der Waals surface area contributed by atoms with Crippen molar-refractivity contribution in [2.75, 3.05) is 19.6 Å². The Hall–Kier alpha value is -2.22. The second kappa shape index (κ2) is 9.94. The van der Waals surface area contributed by atoms with E-state index >= 15 is 0 Å². The molecule has 6 nitrogen and oxygen atoms in total. The van der Waals surface area contributed by atoms with Crippen molar-refractivity contribution in [3.63, 3.8) is 0 Å². The van der Waals surface area contributed by atoms with Crippen LogP contribution in [0.3, 0.4) is 0 Å². The Bertz CT molecular complexity index is 967. The molecule has 2 aromatic rings. The second-order valence-electron chi connectivity index (χ2n) is 9.32. The predicted molar refractivity (Wildman–Crippen MR) is 123 cm³/mol. The van der Waals surface area contributed by atoms with E-state index in [1.54, 1.807) is 32.9 Å². The fraction of sp³-hybridized carbons (Fsp3) is 0.458. The van der Waals surface area contributed by atoms with E-state index in [-0.39, 0.29) is 10.8 Å². The van der Waals surface area contributed by atoms with Crippen LogP contribution < -0.4 is 10.0 Å². The maximum absolute atomic E-state index is 12.6. The quantitative estimate of drug-likeness (QED) is 0.687.